The number of nitrogens with one attached hydrogen (secondary N) is 1. The van der Waals surface area contributed by atoms with E-state index in [1.165, 1.54) is 5.56 Å². The molecule has 3 heteroatoms. The number of benzene rings is 2. The molecule has 1 fully saturated rings. The summed E-state index contributed by atoms with van der Waals surface area (Å²) in [5.74, 6) is -0.618. The molecule has 0 radical (unpaired) electrons. The van der Waals surface area contributed by atoms with Crippen molar-refractivity contribution in [2.45, 2.75) is 37.5 Å². The summed E-state index contributed by atoms with van der Waals surface area (Å²) in [7, 11) is 2.04. The summed E-state index contributed by atoms with van der Waals surface area (Å²) in [6.07, 6.45) is 2.78. The third-order valence-corrected chi connectivity index (χ3v) is 5.26. The van der Waals surface area contributed by atoms with E-state index in [-0.39, 0.29) is 5.54 Å². The molecule has 1 heterocycles. The van der Waals surface area contributed by atoms with Gasteiger partial charge in [-0.1, -0.05) is 67.6 Å². The standard InChI is InChI=1S/C21H27NO2/c1-3-20(22-2,18-10-6-4-7-11-18)14-15-21(23-16-17-24-21)19-12-8-5-9-13-19/h4-13,22H,3,14-17H2,1-2H3. The van der Waals surface area contributed by atoms with Gasteiger partial charge in [-0.25, -0.2) is 0 Å². The second-order valence-corrected chi connectivity index (χ2v) is 6.37. The topological polar surface area (TPSA) is 30.5 Å². The monoisotopic (exact) mass is 325 g/mol. The number of hydrogen-bond acceptors (Lipinski definition) is 3. The fourth-order valence-corrected chi connectivity index (χ4v) is 3.71. The Morgan fingerprint density at radius 3 is 2.08 bits per heavy atom. The molecule has 0 amide bonds. The van der Waals surface area contributed by atoms with E-state index in [0.717, 1.165) is 24.8 Å². The van der Waals surface area contributed by atoms with E-state index in [1.807, 2.05) is 25.2 Å². The van der Waals surface area contributed by atoms with Crippen LogP contribution in [0.2, 0.25) is 0 Å². The summed E-state index contributed by atoms with van der Waals surface area (Å²) in [6, 6.07) is 21.0. The fourth-order valence-electron chi connectivity index (χ4n) is 3.71. The molecule has 1 N–H and O–H groups in total. The van der Waals surface area contributed by atoms with E-state index in [9.17, 15) is 0 Å². The molecule has 1 aliphatic heterocycles. The van der Waals surface area contributed by atoms with Crippen LogP contribution in [0.4, 0.5) is 0 Å². The maximum Gasteiger partial charge on any atom is 0.195 e. The second kappa shape index (κ2) is 7.47. The molecule has 24 heavy (non-hydrogen) atoms. The first-order valence-corrected chi connectivity index (χ1v) is 8.82. The maximum absolute atomic E-state index is 6.10. The summed E-state index contributed by atoms with van der Waals surface area (Å²) < 4.78 is 12.2. The summed E-state index contributed by atoms with van der Waals surface area (Å²) in [6.45, 7) is 3.53. The van der Waals surface area contributed by atoms with Crippen LogP contribution in [0.1, 0.15) is 37.3 Å². The highest BCUT2D eigenvalue weighted by Gasteiger charge is 2.41. The van der Waals surface area contributed by atoms with Crippen molar-refractivity contribution in [2.75, 3.05) is 20.3 Å². The van der Waals surface area contributed by atoms with E-state index >= 15 is 0 Å². The van der Waals surface area contributed by atoms with Crippen molar-refractivity contribution in [3.63, 3.8) is 0 Å². The van der Waals surface area contributed by atoms with Gasteiger partial charge in [-0.05, 0) is 25.5 Å². The highest BCUT2D eigenvalue weighted by atomic mass is 16.7. The number of rotatable bonds is 7. The first-order chi connectivity index (χ1) is 11.7. The third-order valence-electron chi connectivity index (χ3n) is 5.26. The van der Waals surface area contributed by atoms with Gasteiger partial charge >= 0.3 is 0 Å². The molecule has 3 rings (SSSR count). The van der Waals surface area contributed by atoms with E-state index in [0.29, 0.717) is 13.2 Å². The summed E-state index contributed by atoms with van der Waals surface area (Å²) in [5.41, 5.74) is 2.35. The van der Waals surface area contributed by atoms with E-state index in [2.05, 4.69) is 54.7 Å². The first-order valence-electron chi connectivity index (χ1n) is 8.82. The summed E-state index contributed by atoms with van der Waals surface area (Å²) in [5, 5.41) is 3.56. The minimum Gasteiger partial charge on any atom is -0.343 e. The quantitative estimate of drug-likeness (QED) is 0.828. The van der Waals surface area contributed by atoms with Crippen molar-refractivity contribution in [1.82, 2.24) is 5.32 Å². The van der Waals surface area contributed by atoms with E-state index in [1.54, 1.807) is 0 Å². The molecule has 128 valence electrons. The number of hydrogen-bond donors (Lipinski definition) is 1. The molecule has 2 aromatic rings. The van der Waals surface area contributed by atoms with Crippen LogP contribution in [0.3, 0.4) is 0 Å². The molecule has 1 unspecified atom stereocenters. The molecule has 3 nitrogen and oxygen atoms in total. The van der Waals surface area contributed by atoms with Crippen LogP contribution >= 0.6 is 0 Å². The zero-order chi connectivity index (χ0) is 16.9. The van der Waals surface area contributed by atoms with Crippen LogP contribution in [-0.2, 0) is 20.8 Å². The molecular formula is C21H27NO2. The van der Waals surface area contributed by atoms with Crippen molar-refractivity contribution in [3.8, 4) is 0 Å². The van der Waals surface area contributed by atoms with Crippen LogP contribution < -0.4 is 5.32 Å². The van der Waals surface area contributed by atoms with Gasteiger partial charge in [0.25, 0.3) is 0 Å². The lowest BCUT2D eigenvalue weighted by atomic mass is 9.81. The lowest BCUT2D eigenvalue weighted by Crippen LogP contribution is -2.41. The molecule has 0 saturated carbocycles. The SMILES string of the molecule is CCC(CCC1(c2ccccc2)OCCO1)(NC)c1ccccc1. The normalized spacial score (nSPS) is 19.1. The minimum absolute atomic E-state index is 0.0711. The Bertz CT molecular complexity index is 575. The van der Waals surface area contributed by atoms with Gasteiger partial charge in [-0.15, -0.1) is 0 Å². The largest absolute Gasteiger partial charge is 0.343 e. The highest BCUT2D eigenvalue weighted by molar-refractivity contribution is 5.26. The number of ether oxygens (including phenoxy) is 2. The Kier molecular flexibility index (Phi) is 5.34. The average molecular weight is 325 g/mol. The molecule has 0 spiro atoms. The van der Waals surface area contributed by atoms with Gasteiger partial charge in [-0.3, -0.25) is 0 Å². The molecule has 0 aromatic heterocycles. The molecule has 1 aliphatic rings. The fraction of sp³-hybridized carbons (Fsp3) is 0.429. The van der Waals surface area contributed by atoms with Crippen molar-refractivity contribution in [2.24, 2.45) is 0 Å². The van der Waals surface area contributed by atoms with Crippen LogP contribution in [0.25, 0.3) is 0 Å². The van der Waals surface area contributed by atoms with Crippen molar-refractivity contribution in [3.05, 3.63) is 71.8 Å². The van der Waals surface area contributed by atoms with Gasteiger partial charge < -0.3 is 14.8 Å². The summed E-state index contributed by atoms with van der Waals surface area (Å²) >= 11 is 0. The zero-order valence-corrected chi connectivity index (χ0v) is 14.6. The van der Waals surface area contributed by atoms with Crippen LogP contribution in [0.15, 0.2) is 60.7 Å². The van der Waals surface area contributed by atoms with Crippen molar-refractivity contribution >= 4 is 0 Å². The van der Waals surface area contributed by atoms with Crippen LogP contribution in [0.5, 0.6) is 0 Å². The molecular weight excluding hydrogens is 298 g/mol. The predicted molar refractivity (Wildman–Crippen MR) is 96.7 cm³/mol. The second-order valence-electron chi connectivity index (χ2n) is 6.37. The van der Waals surface area contributed by atoms with Gasteiger partial charge in [0, 0.05) is 17.5 Å². The average Bonchev–Trinajstić information content (AvgIpc) is 3.15. The Morgan fingerprint density at radius 2 is 1.54 bits per heavy atom. The summed E-state index contributed by atoms with van der Waals surface area (Å²) in [4.78, 5) is 0. The molecule has 1 saturated heterocycles. The third kappa shape index (κ3) is 3.25. The van der Waals surface area contributed by atoms with Gasteiger partial charge in [0.15, 0.2) is 5.79 Å². The van der Waals surface area contributed by atoms with Gasteiger partial charge in [-0.2, -0.15) is 0 Å². The van der Waals surface area contributed by atoms with Gasteiger partial charge in [0.1, 0.15) is 0 Å². The van der Waals surface area contributed by atoms with Crippen molar-refractivity contribution in [1.29, 1.82) is 0 Å². The molecule has 1 atom stereocenters. The zero-order valence-electron chi connectivity index (χ0n) is 14.6. The van der Waals surface area contributed by atoms with Crippen molar-refractivity contribution < 1.29 is 9.47 Å². The van der Waals surface area contributed by atoms with E-state index < -0.39 is 5.79 Å². The Labute approximate surface area is 145 Å². The maximum atomic E-state index is 6.10. The van der Waals surface area contributed by atoms with E-state index in [4.69, 9.17) is 9.47 Å². The molecule has 0 aliphatic carbocycles. The van der Waals surface area contributed by atoms with Crippen LogP contribution in [-0.4, -0.2) is 20.3 Å². The predicted octanol–water partition coefficient (Wildman–Crippen LogP) is 4.19. The lowest BCUT2D eigenvalue weighted by Gasteiger charge is -2.37. The Hall–Kier alpha value is -1.68. The van der Waals surface area contributed by atoms with Gasteiger partial charge in [0.2, 0.25) is 0 Å². The lowest BCUT2D eigenvalue weighted by molar-refractivity contribution is -0.174. The van der Waals surface area contributed by atoms with Crippen LogP contribution in [0, 0.1) is 0 Å². The molecule has 2 aromatic carbocycles. The Balaban J connectivity index is 1.85. The minimum atomic E-state index is -0.618. The van der Waals surface area contributed by atoms with Gasteiger partial charge in [0.05, 0.1) is 13.2 Å². The Morgan fingerprint density at radius 1 is 0.958 bits per heavy atom. The first kappa shape index (κ1) is 17.2. The molecule has 0 bridgehead atoms. The highest BCUT2D eigenvalue weighted by Crippen LogP contribution is 2.40. The smallest absolute Gasteiger partial charge is 0.195 e.